The van der Waals surface area contributed by atoms with Crippen molar-refractivity contribution in [2.24, 2.45) is 17.4 Å². The molecule has 6 nitrogen and oxygen atoms in total. The van der Waals surface area contributed by atoms with Crippen LogP contribution in [0.3, 0.4) is 0 Å². The van der Waals surface area contributed by atoms with Gasteiger partial charge in [-0.3, -0.25) is 10.8 Å². The lowest BCUT2D eigenvalue weighted by atomic mass is 9.90. The molecule has 0 radical (unpaired) electrons. The van der Waals surface area contributed by atoms with Crippen LogP contribution in [0.2, 0.25) is 0 Å². The molecule has 1 saturated heterocycles. The molecule has 0 saturated carbocycles. The minimum Gasteiger partial charge on any atom is -0.494 e. The smallest absolute Gasteiger partial charge is 0.122 e. The quantitative estimate of drug-likeness (QED) is 0.251. The van der Waals surface area contributed by atoms with Gasteiger partial charge in [-0.25, -0.2) is 0 Å². The molecule has 0 aliphatic carbocycles. The van der Waals surface area contributed by atoms with Gasteiger partial charge in [0.2, 0.25) is 0 Å². The molecule has 3 rings (SSSR count). The Morgan fingerprint density at radius 1 is 0.871 bits per heavy atom. The summed E-state index contributed by atoms with van der Waals surface area (Å²) >= 11 is 0. The van der Waals surface area contributed by atoms with Crippen LogP contribution in [0.1, 0.15) is 48.8 Å². The average Bonchev–Trinajstić information content (AvgIpc) is 2.78. The monoisotopic (exact) mass is 421 g/mol. The number of amidine groups is 2. The highest BCUT2D eigenvalue weighted by atomic mass is 16.5. The molecular formula is C25H35N5O. The first-order valence-corrected chi connectivity index (χ1v) is 11.2. The molecule has 0 unspecified atom stereocenters. The molecule has 0 amide bonds. The fourth-order valence-electron chi connectivity index (χ4n) is 4.15. The summed E-state index contributed by atoms with van der Waals surface area (Å²) in [6.45, 7) is 4.17. The molecule has 31 heavy (non-hydrogen) atoms. The van der Waals surface area contributed by atoms with Crippen LogP contribution in [0.25, 0.3) is 0 Å². The molecule has 1 fully saturated rings. The van der Waals surface area contributed by atoms with E-state index in [4.69, 9.17) is 27.0 Å². The Kier molecular flexibility index (Phi) is 8.47. The topological polar surface area (TPSA) is 112 Å². The minimum atomic E-state index is 0.0817. The van der Waals surface area contributed by atoms with Crippen LogP contribution in [0.5, 0.6) is 5.75 Å². The Morgan fingerprint density at radius 3 is 2.03 bits per heavy atom. The van der Waals surface area contributed by atoms with E-state index in [0.29, 0.717) is 6.61 Å². The number of hydrogen-bond acceptors (Lipinski definition) is 4. The van der Waals surface area contributed by atoms with E-state index in [0.717, 1.165) is 42.2 Å². The number of nitrogens with two attached hydrogens (primary N) is 2. The number of nitrogens with zero attached hydrogens (tertiary/aromatic N) is 1. The van der Waals surface area contributed by atoms with E-state index in [-0.39, 0.29) is 11.7 Å². The third kappa shape index (κ3) is 7.40. The molecule has 1 aliphatic rings. The number of rotatable bonds is 11. The highest BCUT2D eigenvalue weighted by molar-refractivity contribution is 5.95. The zero-order chi connectivity index (χ0) is 22.1. The molecule has 0 aromatic heterocycles. The molecule has 0 atom stereocenters. The number of ether oxygens (including phenoxy) is 1. The molecule has 166 valence electrons. The van der Waals surface area contributed by atoms with Crippen LogP contribution in [0, 0.1) is 16.7 Å². The maximum absolute atomic E-state index is 7.46. The summed E-state index contributed by atoms with van der Waals surface area (Å²) in [5.74, 6) is 1.88. The van der Waals surface area contributed by atoms with Gasteiger partial charge in [-0.15, -0.1) is 0 Å². The molecule has 0 spiro atoms. The zero-order valence-corrected chi connectivity index (χ0v) is 18.3. The highest BCUT2D eigenvalue weighted by Crippen LogP contribution is 2.23. The van der Waals surface area contributed by atoms with E-state index in [1.807, 2.05) is 36.4 Å². The van der Waals surface area contributed by atoms with Gasteiger partial charge in [0.25, 0.3) is 0 Å². The van der Waals surface area contributed by atoms with Gasteiger partial charge in [0.05, 0.1) is 6.61 Å². The number of nitrogen functional groups attached to an aromatic ring is 2. The first-order valence-electron chi connectivity index (χ1n) is 11.2. The summed E-state index contributed by atoms with van der Waals surface area (Å²) in [7, 11) is 0. The fourth-order valence-corrected chi connectivity index (χ4v) is 4.15. The second-order valence-corrected chi connectivity index (χ2v) is 8.43. The molecule has 2 aromatic carbocycles. The molecule has 1 heterocycles. The van der Waals surface area contributed by atoms with Crippen LogP contribution in [-0.4, -0.2) is 42.8 Å². The average molecular weight is 422 g/mol. The Morgan fingerprint density at radius 2 is 1.45 bits per heavy atom. The lowest BCUT2D eigenvalue weighted by Crippen LogP contribution is -2.35. The number of nitrogens with one attached hydrogen (secondary N) is 2. The second kappa shape index (κ2) is 11.5. The molecule has 1 aliphatic heterocycles. The number of likely N-dealkylation sites (tertiary alicyclic amines) is 1. The van der Waals surface area contributed by atoms with Crippen molar-refractivity contribution in [1.29, 1.82) is 10.8 Å². The Labute approximate surface area is 185 Å². The predicted octanol–water partition coefficient (Wildman–Crippen LogP) is 3.76. The van der Waals surface area contributed by atoms with E-state index in [9.17, 15) is 0 Å². The van der Waals surface area contributed by atoms with Crippen LogP contribution in [-0.2, 0) is 6.42 Å². The third-order valence-corrected chi connectivity index (χ3v) is 6.10. The molecule has 6 heteroatoms. The van der Waals surface area contributed by atoms with Crippen molar-refractivity contribution in [1.82, 2.24) is 4.90 Å². The van der Waals surface area contributed by atoms with Crippen LogP contribution in [0.4, 0.5) is 0 Å². The maximum atomic E-state index is 7.46. The van der Waals surface area contributed by atoms with Gasteiger partial charge in [-0.2, -0.15) is 0 Å². The normalized spacial score (nSPS) is 15.0. The van der Waals surface area contributed by atoms with Crippen molar-refractivity contribution in [2.75, 3.05) is 26.2 Å². The standard InChI is InChI=1S/C25H35N5O/c26-24(27)21-7-5-19(6-8-21)3-1-4-20-13-16-30(17-14-20)15-2-18-31-23-11-9-22(10-12-23)25(28)29/h5-12,20H,1-4,13-18H2,(H3,26,27)(H3,28,29). The van der Waals surface area contributed by atoms with Gasteiger partial charge < -0.3 is 21.1 Å². The summed E-state index contributed by atoms with van der Waals surface area (Å²) < 4.78 is 5.81. The summed E-state index contributed by atoms with van der Waals surface area (Å²) in [6, 6.07) is 15.5. The Balaban J connectivity index is 1.26. The van der Waals surface area contributed by atoms with Gasteiger partial charge in [-0.1, -0.05) is 30.7 Å². The van der Waals surface area contributed by atoms with Crippen LogP contribution < -0.4 is 16.2 Å². The first-order chi connectivity index (χ1) is 15.0. The first kappa shape index (κ1) is 22.8. The molecule has 6 N–H and O–H groups in total. The predicted molar refractivity (Wildman–Crippen MR) is 127 cm³/mol. The highest BCUT2D eigenvalue weighted by Gasteiger charge is 2.18. The molecule has 0 bridgehead atoms. The largest absolute Gasteiger partial charge is 0.494 e. The maximum Gasteiger partial charge on any atom is 0.122 e. The number of piperidine rings is 1. The lowest BCUT2D eigenvalue weighted by Gasteiger charge is -2.32. The molecular weight excluding hydrogens is 386 g/mol. The van der Waals surface area contributed by atoms with E-state index >= 15 is 0 Å². The zero-order valence-electron chi connectivity index (χ0n) is 18.3. The summed E-state index contributed by atoms with van der Waals surface area (Å²) in [5, 5.41) is 14.9. The number of aryl methyl sites for hydroxylation is 1. The summed E-state index contributed by atoms with van der Waals surface area (Å²) in [6.07, 6.45) is 7.22. The summed E-state index contributed by atoms with van der Waals surface area (Å²) in [5.41, 5.74) is 13.8. The van der Waals surface area contributed by atoms with Crippen molar-refractivity contribution >= 4 is 11.7 Å². The van der Waals surface area contributed by atoms with E-state index in [1.165, 1.54) is 44.3 Å². The lowest BCUT2D eigenvalue weighted by molar-refractivity contribution is 0.165. The summed E-state index contributed by atoms with van der Waals surface area (Å²) in [4.78, 5) is 2.55. The Hall–Kier alpha value is -2.86. The van der Waals surface area contributed by atoms with E-state index in [1.54, 1.807) is 0 Å². The third-order valence-electron chi connectivity index (χ3n) is 6.10. The van der Waals surface area contributed by atoms with Gasteiger partial charge >= 0.3 is 0 Å². The van der Waals surface area contributed by atoms with Crippen molar-refractivity contribution < 1.29 is 4.74 Å². The van der Waals surface area contributed by atoms with E-state index in [2.05, 4.69) is 17.0 Å². The van der Waals surface area contributed by atoms with Gasteiger partial charge in [0.1, 0.15) is 17.4 Å². The van der Waals surface area contributed by atoms with Crippen LogP contribution in [0.15, 0.2) is 48.5 Å². The Bertz CT molecular complexity index is 839. The fraction of sp³-hybridized carbons (Fsp3) is 0.440. The number of benzene rings is 2. The van der Waals surface area contributed by atoms with Crippen molar-refractivity contribution in [3.05, 3.63) is 65.2 Å². The van der Waals surface area contributed by atoms with Crippen molar-refractivity contribution in [2.45, 2.75) is 38.5 Å². The van der Waals surface area contributed by atoms with Crippen molar-refractivity contribution in [3.8, 4) is 5.75 Å². The SMILES string of the molecule is N=C(N)c1ccc(CCCC2CCN(CCCOc3ccc(C(=N)N)cc3)CC2)cc1. The van der Waals surface area contributed by atoms with Gasteiger partial charge in [0.15, 0.2) is 0 Å². The molecule has 2 aromatic rings. The van der Waals surface area contributed by atoms with E-state index < -0.39 is 0 Å². The minimum absolute atomic E-state index is 0.0817. The van der Waals surface area contributed by atoms with Crippen molar-refractivity contribution in [3.63, 3.8) is 0 Å². The van der Waals surface area contributed by atoms with Gasteiger partial charge in [0, 0.05) is 17.7 Å². The number of hydrogen-bond donors (Lipinski definition) is 4. The van der Waals surface area contributed by atoms with Crippen LogP contribution >= 0.6 is 0 Å². The second-order valence-electron chi connectivity index (χ2n) is 8.43. The van der Waals surface area contributed by atoms with Gasteiger partial charge in [-0.05, 0) is 80.9 Å².